The van der Waals surface area contributed by atoms with Gasteiger partial charge in [-0.1, -0.05) is 6.92 Å². The minimum Gasteiger partial charge on any atom is -0.481 e. The number of alkyl carbamates (subject to hydrolysis) is 1. The highest BCUT2D eigenvalue weighted by Gasteiger charge is 2.24. The lowest BCUT2D eigenvalue weighted by molar-refractivity contribution is -0.161. The first kappa shape index (κ1) is 25.7. The Labute approximate surface area is 189 Å². The van der Waals surface area contributed by atoms with Crippen LogP contribution in [-0.2, 0) is 25.5 Å². The van der Waals surface area contributed by atoms with E-state index in [1.54, 1.807) is 20.8 Å². The van der Waals surface area contributed by atoms with Crippen LogP contribution in [-0.4, -0.2) is 46.0 Å². The third-order valence-electron chi connectivity index (χ3n) is 5.86. The second kappa shape index (κ2) is 11.9. The molecule has 180 valence electrons. The zero-order chi connectivity index (χ0) is 23.7. The van der Waals surface area contributed by atoms with E-state index in [9.17, 15) is 19.5 Å². The van der Waals surface area contributed by atoms with Crippen LogP contribution < -0.4 is 5.32 Å². The molecule has 1 atom stereocenters. The number of carboxylic acids is 1. The van der Waals surface area contributed by atoms with Crippen LogP contribution in [0.25, 0.3) is 0 Å². The Kier molecular flexibility index (Phi) is 9.53. The number of hydrogen-bond acceptors (Lipinski definition) is 6. The zero-order valence-corrected chi connectivity index (χ0v) is 19.6. The fourth-order valence-corrected chi connectivity index (χ4v) is 3.73. The lowest BCUT2D eigenvalue weighted by atomic mass is 9.87. The van der Waals surface area contributed by atoms with Crippen LogP contribution in [0.5, 0.6) is 0 Å². The van der Waals surface area contributed by atoms with Crippen molar-refractivity contribution >= 4 is 18.0 Å². The molecule has 0 spiro atoms. The molecule has 2 rings (SSSR count). The minimum absolute atomic E-state index is 0.268. The first-order valence-corrected chi connectivity index (χ1v) is 11.4. The number of carbonyl (C=O) groups is 3. The molecule has 1 unspecified atom stereocenters. The Bertz CT molecular complexity index is 762. The van der Waals surface area contributed by atoms with Crippen molar-refractivity contribution in [1.82, 2.24) is 14.9 Å². The van der Waals surface area contributed by atoms with Crippen molar-refractivity contribution in [2.75, 3.05) is 13.3 Å². The fourth-order valence-electron chi connectivity index (χ4n) is 3.73. The fraction of sp³-hybridized carbons (Fsp3) is 0.739. The van der Waals surface area contributed by atoms with Crippen LogP contribution in [0, 0.1) is 17.3 Å². The maximum Gasteiger partial charge on any atom is 0.410 e. The second-order valence-electron chi connectivity index (χ2n) is 9.77. The number of carbonyl (C=O) groups excluding carboxylic acids is 2. The lowest BCUT2D eigenvalue weighted by Gasteiger charge is -2.26. The summed E-state index contributed by atoms with van der Waals surface area (Å²) in [6.07, 6.45) is 9.03. The summed E-state index contributed by atoms with van der Waals surface area (Å²) in [5, 5.41) is 12.1. The molecule has 1 saturated carbocycles. The van der Waals surface area contributed by atoms with Gasteiger partial charge in [0.05, 0.1) is 23.4 Å². The molecule has 0 aliphatic heterocycles. The summed E-state index contributed by atoms with van der Waals surface area (Å²) in [6, 6.07) is 0.452. The third kappa shape index (κ3) is 8.51. The van der Waals surface area contributed by atoms with Crippen molar-refractivity contribution in [3.05, 3.63) is 18.2 Å². The Hall–Kier alpha value is -2.58. The monoisotopic (exact) mass is 451 g/mol. The van der Waals surface area contributed by atoms with Crippen LogP contribution in [0.15, 0.2) is 12.5 Å². The topological polar surface area (TPSA) is 120 Å². The predicted octanol–water partition coefficient (Wildman–Crippen LogP) is 3.93. The first-order chi connectivity index (χ1) is 15.1. The molecule has 0 aromatic carbocycles. The van der Waals surface area contributed by atoms with Crippen molar-refractivity contribution in [3.63, 3.8) is 0 Å². The van der Waals surface area contributed by atoms with Crippen molar-refractivity contribution in [1.29, 1.82) is 0 Å². The van der Waals surface area contributed by atoms with Crippen molar-refractivity contribution in [2.24, 2.45) is 17.3 Å². The highest BCUT2D eigenvalue weighted by atomic mass is 16.7. The molecular weight excluding hydrogens is 414 g/mol. The molecular formula is C23H37N3O6. The van der Waals surface area contributed by atoms with Crippen LogP contribution in [0.1, 0.15) is 78.0 Å². The SMILES string of the molecule is CC1CCC(n2cnc(CC(CCCNC(=O)OCOC(=O)C(C)(C)C)C(=O)O)c2)CC1. The first-order valence-electron chi connectivity index (χ1n) is 11.4. The van der Waals surface area contributed by atoms with E-state index in [2.05, 4.69) is 21.8 Å². The van der Waals surface area contributed by atoms with E-state index < -0.39 is 36.2 Å². The smallest absolute Gasteiger partial charge is 0.410 e. The number of hydrogen-bond donors (Lipinski definition) is 2. The van der Waals surface area contributed by atoms with Gasteiger partial charge in [0.1, 0.15) is 0 Å². The number of rotatable bonds is 10. The lowest BCUT2D eigenvalue weighted by Crippen LogP contribution is -2.29. The molecule has 0 bridgehead atoms. The van der Waals surface area contributed by atoms with Crippen LogP contribution in [0.4, 0.5) is 4.79 Å². The summed E-state index contributed by atoms with van der Waals surface area (Å²) < 4.78 is 11.8. The van der Waals surface area contributed by atoms with Gasteiger partial charge in [-0.3, -0.25) is 9.59 Å². The van der Waals surface area contributed by atoms with Crippen molar-refractivity contribution in [2.45, 2.75) is 78.7 Å². The molecule has 9 nitrogen and oxygen atoms in total. The number of nitrogens with zero attached hydrogens (tertiary/aromatic N) is 2. The van der Waals surface area contributed by atoms with E-state index in [0.717, 1.165) is 24.5 Å². The molecule has 1 aromatic rings. The van der Waals surface area contributed by atoms with Gasteiger partial charge in [-0.25, -0.2) is 9.78 Å². The molecule has 2 N–H and O–H groups in total. The van der Waals surface area contributed by atoms with Crippen LogP contribution in [0.2, 0.25) is 0 Å². The Morgan fingerprint density at radius 1 is 1.22 bits per heavy atom. The van der Waals surface area contributed by atoms with Crippen molar-refractivity contribution in [3.8, 4) is 0 Å². The van der Waals surface area contributed by atoms with Gasteiger partial charge in [0.2, 0.25) is 6.79 Å². The maximum atomic E-state index is 11.7. The maximum absolute atomic E-state index is 11.7. The Balaban J connectivity index is 1.69. The molecule has 1 aliphatic carbocycles. The largest absolute Gasteiger partial charge is 0.481 e. The normalized spacial score (nSPS) is 19.8. The quantitative estimate of drug-likeness (QED) is 0.314. The van der Waals surface area contributed by atoms with Crippen LogP contribution in [0.3, 0.4) is 0 Å². The molecule has 1 heterocycles. The van der Waals surface area contributed by atoms with Gasteiger partial charge < -0.3 is 24.5 Å². The highest BCUT2D eigenvalue weighted by molar-refractivity contribution is 5.75. The molecule has 32 heavy (non-hydrogen) atoms. The number of esters is 1. The number of imidazole rings is 1. The van der Waals surface area contributed by atoms with Gasteiger partial charge in [0, 0.05) is 25.2 Å². The summed E-state index contributed by atoms with van der Waals surface area (Å²) in [5.74, 6) is -1.14. The Morgan fingerprint density at radius 2 is 1.91 bits per heavy atom. The molecule has 0 saturated heterocycles. The van der Waals surface area contributed by atoms with Gasteiger partial charge in [-0.15, -0.1) is 0 Å². The number of carboxylic acid groups (broad SMARTS) is 1. The number of ether oxygens (including phenoxy) is 2. The number of aliphatic carboxylic acids is 1. The summed E-state index contributed by atoms with van der Waals surface area (Å²) in [4.78, 5) is 39.4. The molecule has 1 fully saturated rings. The van der Waals surface area contributed by atoms with E-state index in [1.807, 2.05) is 12.5 Å². The minimum atomic E-state index is -0.872. The summed E-state index contributed by atoms with van der Waals surface area (Å²) in [7, 11) is 0. The molecule has 1 aliphatic rings. The number of nitrogens with one attached hydrogen (secondary N) is 1. The van der Waals surface area contributed by atoms with Crippen molar-refractivity contribution < 1.29 is 29.0 Å². The highest BCUT2D eigenvalue weighted by Crippen LogP contribution is 2.32. The molecule has 9 heteroatoms. The Morgan fingerprint density at radius 3 is 2.53 bits per heavy atom. The van der Waals surface area contributed by atoms with Crippen LogP contribution >= 0.6 is 0 Å². The van der Waals surface area contributed by atoms with E-state index >= 15 is 0 Å². The van der Waals surface area contributed by atoms with Gasteiger partial charge >= 0.3 is 18.0 Å². The third-order valence-corrected chi connectivity index (χ3v) is 5.86. The number of amides is 1. The van der Waals surface area contributed by atoms with E-state index in [0.29, 0.717) is 25.3 Å². The van der Waals surface area contributed by atoms with Gasteiger partial charge in [0.25, 0.3) is 0 Å². The zero-order valence-electron chi connectivity index (χ0n) is 19.6. The molecule has 1 amide bonds. The van der Waals surface area contributed by atoms with E-state index in [4.69, 9.17) is 9.47 Å². The van der Waals surface area contributed by atoms with Gasteiger partial charge in [-0.2, -0.15) is 0 Å². The summed E-state index contributed by atoms with van der Waals surface area (Å²) >= 11 is 0. The summed E-state index contributed by atoms with van der Waals surface area (Å²) in [6.45, 7) is 7.20. The van der Waals surface area contributed by atoms with E-state index in [1.165, 1.54) is 12.8 Å². The second-order valence-corrected chi connectivity index (χ2v) is 9.77. The van der Waals surface area contributed by atoms with Gasteiger partial charge in [0.15, 0.2) is 0 Å². The average molecular weight is 452 g/mol. The van der Waals surface area contributed by atoms with E-state index in [-0.39, 0.29) is 6.54 Å². The van der Waals surface area contributed by atoms with Gasteiger partial charge in [-0.05, 0) is 65.2 Å². The summed E-state index contributed by atoms with van der Waals surface area (Å²) in [5.41, 5.74) is 0.111. The average Bonchev–Trinajstić information content (AvgIpc) is 3.18. The predicted molar refractivity (Wildman–Crippen MR) is 118 cm³/mol. The standard InChI is InChI=1S/C23H37N3O6/c1-16-7-9-19(10-8-16)26-13-18(25-14-26)12-17(20(27)28)6-5-11-24-22(30)32-15-31-21(29)23(2,3)4/h13-14,16-17,19H,5-12,15H2,1-4H3,(H,24,30)(H,27,28). The number of aromatic nitrogens is 2. The molecule has 0 radical (unpaired) electrons. The molecule has 1 aromatic heterocycles.